The van der Waals surface area contributed by atoms with E-state index in [2.05, 4.69) is 25.6 Å². The molecule has 0 fully saturated rings. The predicted molar refractivity (Wildman–Crippen MR) is 112 cm³/mol. The first-order valence-electron chi connectivity index (χ1n) is 9.05. The van der Waals surface area contributed by atoms with Crippen molar-refractivity contribution in [3.63, 3.8) is 0 Å². The van der Waals surface area contributed by atoms with Gasteiger partial charge in [0.05, 0.1) is 28.1 Å². The Morgan fingerprint density at radius 3 is 2.59 bits per heavy atom. The van der Waals surface area contributed by atoms with Gasteiger partial charge in [-0.1, -0.05) is 11.6 Å². The lowest BCUT2D eigenvalue weighted by atomic mass is 10.3. The van der Waals surface area contributed by atoms with E-state index in [0.29, 0.717) is 17.1 Å². The number of nitrogens with zero attached hydrogens (tertiary/aromatic N) is 4. The summed E-state index contributed by atoms with van der Waals surface area (Å²) in [7, 11) is 1.84. The minimum absolute atomic E-state index is 0.0851. The summed E-state index contributed by atoms with van der Waals surface area (Å²) in [5.74, 6) is 0.723. The molecule has 32 heavy (non-hydrogen) atoms. The van der Waals surface area contributed by atoms with Gasteiger partial charge in [0.25, 0.3) is 0 Å². The molecule has 0 radical (unpaired) electrons. The summed E-state index contributed by atoms with van der Waals surface area (Å²) in [6.07, 6.45) is -0.435. The predicted octanol–water partition coefficient (Wildman–Crippen LogP) is 5.47. The molecule has 0 atom stereocenters. The van der Waals surface area contributed by atoms with Crippen molar-refractivity contribution in [1.82, 2.24) is 19.5 Å². The normalized spacial score (nSPS) is 11.4. The van der Waals surface area contributed by atoms with Crippen LogP contribution in [0.1, 0.15) is 5.69 Å². The zero-order valence-corrected chi connectivity index (χ0v) is 17.1. The van der Waals surface area contributed by atoms with Crippen molar-refractivity contribution >= 4 is 40.0 Å². The molecule has 164 valence electrons. The lowest BCUT2D eigenvalue weighted by molar-refractivity contribution is -0.141. The average Bonchev–Trinajstić information content (AvgIpc) is 3.12. The van der Waals surface area contributed by atoms with Gasteiger partial charge < -0.3 is 19.9 Å². The Kier molecular flexibility index (Phi) is 5.57. The number of carbonyl (C=O) groups is 1. The number of aryl methyl sites for hydroxylation is 1. The summed E-state index contributed by atoms with van der Waals surface area (Å²) in [6.45, 7) is 0. The maximum absolute atomic E-state index is 12.6. The van der Waals surface area contributed by atoms with Crippen LogP contribution in [0, 0.1) is 0 Å². The number of pyridine rings is 1. The van der Waals surface area contributed by atoms with Crippen LogP contribution in [0.5, 0.6) is 11.6 Å². The summed E-state index contributed by atoms with van der Waals surface area (Å²) in [5, 5.41) is 5.08. The number of hydrogen-bond acceptors (Lipinski definition) is 5. The van der Waals surface area contributed by atoms with Crippen molar-refractivity contribution in [1.29, 1.82) is 0 Å². The number of alkyl halides is 3. The van der Waals surface area contributed by atoms with Gasteiger partial charge in [-0.2, -0.15) is 18.2 Å². The van der Waals surface area contributed by atoms with Gasteiger partial charge in [0.1, 0.15) is 23.3 Å². The Hall–Kier alpha value is -3.86. The maximum atomic E-state index is 12.6. The number of anilines is 2. The molecule has 0 bridgehead atoms. The Balaban J connectivity index is 1.44. The van der Waals surface area contributed by atoms with Crippen LogP contribution >= 0.6 is 11.6 Å². The number of halogens is 4. The number of amides is 2. The van der Waals surface area contributed by atoms with Crippen molar-refractivity contribution < 1.29 is 22.7 Å². The number of ether oxygens (including phenoxy) is 1. The average molecular weight is 463 g/mol. The van der Waals surface area contributed by atoms with Crippen molar-refractivity contribution in [2.45, 2.75) is 6.18 Å². The number of fused-ring (bicyclic) bond motifs is 1. The van der Waals surface area contributed by atoms with E-state index in [9.17, 15) is 18.0 Å². The molecular formula is C20H14ClF3N6O2. The smallest absolute Gasteiger partial charge is 0.433 e. The molecule has 1 aromatic carbocycles. The van der Waals surface area contributed by atoms with E-state index in [1.807, 2.05) is 23.9 Å². The summed E-state index contributed by atoms with van der Waals surface area (Å²) >= 11 is 6.24. The molecule has 0 aliphatic carbocycles. The highest BCUT2D eigenvalue weighted by Gasteiger charge is 2.32. The van der Waals surface area contributed by atoms with Crippen molar-refractivity contribution in [2.75, 3.05) is 10.6 Å². The third-order valence-corrected chi connectivity index (χ3v) is 4.65. The number of aromatic nitrogens is 4. The van der Waals surface area contributed by atoms with Gasteiger partial charge in [-0.05, 0) is 30.3 Å². The molecular weight excluding hydrogens is 449 g/mol. The SMILES string of the molecule is Cn1ccc2ncnc(Oc3ccc(NC(=O)Nc4ccc(C(F)(F)F)nc4)c(Cl)c3)c21. The molecule has 3 heterocycles. The van der Waals surface area contributed by atoms with E-state index in [1.54, 1.807) is 6.07 Å². The first-order valence-corrected chi connectivity index (χ1v) is 9.43. The minimum Gasteiger partial charge on any atom is -0.437 e. The molecule has 0 saturated heterocycles. The van der Waals surface area contributed by atoms with Gasteiger partial charge in [0, 0.05) is 19.3 Å². The Morgan fingerprint density at radius 1 is 1.09 bits per heavy atom. The van der Waals surface area contributed by atoms with Gasteiger partial charge in [-0.25, -0.2) is 14.8 Å². The lowest BCUT2D eigenvalue weighted by Gasteiger charge is -2.12. The van der Waals surface area contributed by atoms with Crippen LogP contribution < -0.4 is 15.4 Å². The zero-order chi connectivity index (χ0) is 22.9. The first kappa shape index (κ1) is 21.4. The highest BCUT2D eigenvalue weighted by atomic mass is 35.5. The third kappa shape index (κ3) is 4.57. The summed E-state index contributed by atoms with van der Waals surface area (Å²) in [6, 6.07) is 7.58. The fourth-order valence-corrected chi connectivity index (χ4v) is 3.07. The van der Waals surface area contributed by atoms with Crippen LogP contribution in [0.3, 0.4) is 0 Å². The molecule has 12 heteroatoms. The number of benzene rings is 1. The highest BCUT2D eigenvalue weighted by Crippen LogP contribution is 2.32. The number of urea groups is 1. The van der Waals surface area contributed by atoms with Crippen molar-refractivity contribution in [2.24, 2.45) is 7.05 Å². The monoisotopic (exact) mass is 462 g/mol. The molecule has 4 aromatic rings. The molecule has 3 aromatic heterocycles. The van der Waals surface area contributed by atoms with E-state index < -0.39 is 17.9 Å². The Bertz CT molecular complexity index is 1290. The molecule has 8 nitrogen and oxygen atoms in total. The lowest BCUT2D eigenvalue weighted by Crippen LogP contribution is -2.20. The van der Waals surface area contributed by atoms with Crippen molar-refractivity contribution in [3.05, 3.63) is 65.8 Å². The zero-order valence-electron chi connectivity index (χ0n) is 16.3. The number of hydrogen-bond donors (Lipinski definition) is 2. The van der Waals surface area contributed by atoms with Gasteiger partial charge in [-0.3, -0.25) is 0 Å². The fourth-order valence-electron chi connectivity index (χ4n) is 2.85. The van der Waals surface area contributed by atoms with Gasteiger partial charge in [0.15, 0.2) is 0 Å². The maximum Gasteiger partial charge on any atom is 0.433 e. The molecule has 0 saturated carbocycles. The van der Waals surface area contributed by atoms with Crippen LogP contribution in [0.4, 0.5) is 29.3 Å². The topological polar surface area (TPSA) is 94.0 Å². The molecule has 0 unspecified atom stereocenters. The summed E-state index contributed by atoms with van der Waals surface area (Å²) in [5.41, 5.74) is 0.718. The second-order valence-corrected chi connectivity index (χ2v) is 7.00. The van der Waals surface area contributed by atoms with Crippen molar-refractivity contribution in [3.8, 4) is 11.6 Å². The minimum atomic E-state index is -4.56. The van der Waals surface area contributed by atoms with E-state index in [4.69, 9.17) is 16.3 Å². The van der Waals surface area contributed by atoms with Crippen LogP contribution in [0.15, 0.2) is 55.1 Å². The quantitative estimate of drug-likeness (QED) is 0.419. The number of carbonyl (C=O) groups excluding carboxylic acids is 1. The largest absolute Gasteiger partial charge is 0.437 e. The molecule has 0 aliphatic heterocycles. The third-order valence-electron chi connectivity index (χ3n) is 4.34. The highest BCUT2D eigenvalue weighted by molar-refractivity contribution is 6.34. The van der Waals surface area contributed by atoms with E-state index in [0.717, 1.165) is 23.8 Å². The standard InChI is InChI=1S/C20H14ClF3N6O2/c1-30-7-6-15-17(30)18(27-10-26-15)32-12-3-4-14(13(21)8-12)29-19(31)28-11-2-5-16(25-9-11)20(22,23)24/h2-10H,1H3,(H2,28,29,31). The van der Waals surface area contributed by atoms with Gasteiger partial charge >= 0.3 is 12.2 Å². The Labute approximate surface area is 184 Å². The van der Waals surface area contributed by atoms with Gasteiger partial charge in [0.2, 0.25) is 5.88 Å². The molecule has 0 aliphatic rings. The molecule has 2 N–H and O–H groups in total. The van der Waals surface area contributed by atoms with E-state index in [1.165, 1.54) is 18.5 Å². The first-order chi connectivity index (χ1) is 15.2. The molecule has 4 rings (SSSR count). The van der Waals surface area contributed by atoms with E-state index >= 15 is 0 Å². The Morgan fingerprint density at radius 2 is 1.91 bits per heavy atom. The summed E-state index contributed by atoms with van der Waals surface area (Å²) in [4.78, 5) is 23.8. The summed E-state index contributed by atoms with van der Waals surface area (Å²) < 4.78 is 45.3. The molecule has 0 spiro atoms. The molecule has 2 amide bonds. The fraction of sp³-hybridized carbons (Fsp3) is 0.100. The van der Waals surface area contributed by atoms with Crippen LogP contribution in [-0.4, -0.2) is 25.6 Å². The van der Waals surface area contributed by atoms with E-state index in [-0.39, 0.29) is 16.4 Å². The van der Waals surface area contributed by atoms with Crippen LogP contribution in [0.2, 0.25) is 5.02 Å². The second kappa shape index (κ2) is 8.35. The number of nitrogens with one attached hydrogen (secondary N) is 2. The van der Waals surface area contributed by atoms with Gasteiger partial charge in [-0.15, -0.1) is 0 Å². The van der Waals surface area contributed by atoms with Crippen LogP contribution in [-0.2, 0) is 13.2 Å². The second-order valence-electron chi connectivity index (χ2n) is 6.59. The van der Waals surface area contributed by atoms with Crippen LogP contribution in [0.25, 0.3) is 11.0 Å². The number of rotatable bonds is 4.